The number of hydrogen-bond acceptors (Lipinski definition) is 5. The monoisotopic (exact) mass is 281 g/mol. The molecule has 1 aromatic carbocycles. The molecule has 1 aliphatic heterocycles. The first-order valence-corrected chi connectivity index (χ1v) is 6.50. The van der Waals surface area contributed by atoms with E-state index in [0.717, 1.165) is 5.56 Å². The molecule has 1 unspecified atom stereocenters. The van der Waals surface area contributed by atoms with Crippen molar-refractivity contribution in [2.75, 3.05) is 20.3 Å². The first kappa shape index (κ1) is 14.6. The molecule has 2 rings (SSSR count). The van der Waals surface area contributed by atoms with Gasteiger partial charge in [-0.25, -0.2) is 0 Å². The van der Waals surface area contributed by atoms with Crippen LogP contribution in [0, 0.1) is 0 Å². The van der Waals surface area contributed by atoms with E-state index < -0.39 is 5.97 Å². The molecule has 1 saturated heterocycles. The van der Waals surface area contributed by atoms with Crippen molar-refractivity contribution in [3.05, 3.63) is 23.8 Å². The van der Waals surface area contributed by atoms with E-state index in [1.54, 1.807) is 19.2 Å². The van der Waals surface area contributed by atoms with Crippen LogP contribution in [0.1, 0.15) is 24.4 Å². The van der Waals surface area contributed by atoms with Crippen LogP contribution in [-0.4, -0.2) is 37.5 Å². The summed E-state index contributed by atoms with van der Waals surface area (Å²) >= 11 is 0. The van der Waals surface area contributed by atoms with Gasteiger partial charge in [0.2, 0.25) is 0 Å². The van der Waals surface area contributed by atoms with Gasteiger partial charge in [0.15, 0.2) is 11.5 Å². The lowest BCUT2D eigenvalue weighted by molar-refractivity contribution is -0.137. The van der Waals surface area contributed by atoms with Crippen LogP contribution in [0.4, 0.5) is 0 Å². The number of ether oxygens (including phenoxy) is 3. The van der Waals surface area contributed by atoms with Crippen LogP contribution >= 0.6 is 0 Å². The van der Waals surface area contributed by atoms with Gasteiger partial charge in [-0.05, 0) is 24.1 Å². The van der Waals surface area contributed by atoms with E-state index in [0.29, 0.717) is 31.1 Å². The Bertz CT molecular complexity index is 473. The van der Waals surface area contributed by atoms with Crippen molar-refractivity contribution in [2.24, 2.45) is 5.73 Å². The van der Waals surface area contributed by atoms with Gasteiger partial charge in [-0.15, -0.1) is 0 Å². The molecule has 0 spiro atoms. The standard InChI is InChI=1S/C14H19NO5/c1-18-13-6-9(11(15)3-5-14(16)17)2-4-12(13)20-10-7-19-8-10/h2,4,6,10-11H,3,5,7-8,15H2,1H3,(H,16,17). The molecule has 1 aliphatic rings. The number of rotatable bonds is 7. The van der Waals surface area contributed by atoms with E-state index in [4.69, 9.17) is 25.1 Å². The zero-order chi connectivity index (χ0) is 14.5. The lowest BCUT2D eigenvalue weighted by Gasteiger charge is -2.27. The molecule has 0 bridgehead atoms. The molecule has 3 N–H and O–H groups in total. The molecule has 6 nitrogen and oxygen atoms in total. The number of hydrogen-bond donors (Lipinski definition) is 2. The molecule has 1 heterocycles. The zero-order valence-corrected chi connectivity index (χ0v) is 11.4. The highest BCUT2D eigenvalue weighted by Gasteiger charge is 2.22. The summed E-state index contributed by atoms with van der Waals surface area (Å²) in [5.74, 6) is 0.396. The molecule has 1 fully saturated rings. The minimum absolute atomic E-state index is 0.0428. The summed E-state index contributed by atoms with van der Waals surface area (Å²) in [5, 5.41) is 8.67. The third-order valence-electron chi connectivity index (χ3n) is 3.19. The van der Waals surface area contributed by atoms with Crippen LogP contribution in [0.3, 0.4) is 0 Å². The Morgan fingerprint density at radius 3 is 2.80 bits per heavy atom. The van der Waals surface area contributed by atoms with E-state index in [1.165, 1.54) is 0 Å². The Kier molecular flexibility index (Phi) is 4.81. The average Bonchev–Trinajstić information content (AvgIpc) is 2.40. The third-order valence-corrected chi connectivity index (χ3v) is 3.19. The van der Waals surface area contributed by atoms with E-state index in [1.807, 2.05) is 6.07 Å². The molecule has 20 heavy (non-hydrogen) atoms. The molecule has 0 aromatic heterocycles. The molecule has 6 heteroatoms. The van der Waals surface area contributed by atoms with Gasteiger partial charge >= 0.3 is 5.97 Å². The molecule has 0 saturated carbocycles. The highest BCUT2D eigenvalue weighted by atomic mass is 16.6. The maximum Gasteiger partial charge on any atom is 0.303 e. The van der Waals surface area contributed by atoms with Crippen molar-refractivity contribution in [1.29, 1.82) is 0 Å². The van der Waals surface area contributed by atoms with Crippen LogP contribution < -0.4 is 15.2 Å². The molecule has 0 radical (unpaired) electrons. The molecule has 110 valence electrons. The van der Waals surface area contributed by atoms with Crippen molar-refractivity contribution >= 4 is 5.97 Å². The maximum absolute atomic E-state index is 10.6. The number of aliphatic carboxylic acids is 1. The largest absolute Gasteiger partial charge is 0.493 e. The first-order valence-electron chi connectivity index (χ1n) is 6.50. The van der Waals surface area contributed by atoms with Gasteiger partial charge < -0.3 is 25.1 Å². The fraction of sp³-hybridized carbons (Fsp3) is 0.500. The van der Waals surface area contributed by atoms with E-state index in [9.17, 15) is 4.79 Å². The maximum atomic E-state index is 10.6. The molecular weight excluding hydrogens is 262 g/mol. The molecule has 0 aliphatic carbocycles. The van der Waals surface area contributed by atoms with Crippen LogP contribution in [-0.2, 0) is 9.53 Å². The van der Waals surface area contributed by atoms with E-state index in [2.05, 4.69) is 0 Å². The Balaban J connectivity index is 2.05. The quantitative estimate of drug-likeness (QED) is 0.783. The van der Waals surface area contributed by atoms with Crippen molar-refractivity contribution in [2.45, 2.75) is 25.0 Å². The fourth-order valence-corrected chi connectivity index (χ4v) is 1.92. The molecular formula is C14H19NO5. The summed E-state index contributed by atoms with van der Waals surface area (Å²) in [7, 11) is 1.56. The van der Waals surface area contributed by atoms with Gasteiger partial charge in [-0.3, -0.25) is 4.79 Å². The molecule has 1 aromatic rings. The summed E-state index contributed by atoms with van der Waals surface area (Å²) in [4.78, 5) is 10.6. The van der Waals surface area contributed by atoms with Crippen molar-refractivity contribution in [3.63, 3.8) is 0 Å². The second-order valence-corrected chi connectivity index (χ2v) is 4.73. The minimum Gasteiger partial charge on any atom is -0.493 e. The third kappa shape index (κ3) is 3.61. The van der Waals surface area contributed by atoms with Gasteiger partial charge in [-0.2, -0.15) is 0 Å². The predicted octanol–water partition coefficient (Wildman–Crippen LogP) is 1.34. The Morgan fingerprint density at radius 1 is 1.50 bits per heavy atom. The van der Waals surface area contributed by atoms with Crippen LogP contribution in [0.2, 0.25) is 0 Å². The number of benzene rings is 1. The zero-order valence-electron chi connectivity index (χ0n) is 11.4. The van der Waals surface area contributed by atoms with Crippen molar-refractivity contribution in [1.82, 2.24) is 0 Å². The lowest BCUT2D eigenvalue weighted by atomic mass is 10.0. The smallest absolute Gasteiger partial charge is 0.303 e. The van der Waals surface area contributed by atoms with Gasteiger partial charge in [0.05, 0.1) is 20.3 Å². The van der Waals surface area contributed by atoms with Crippen molar-refractivity contribution in [3.8, 4) is 11.5 Å². The fourth-order valence-electron chi connectivity index (χ4n) is 1.92. The van der Waals surface area contributed by atoms with E-state index in [-0.39, 0.29) is 18.6 Å². The number of methoxy groups -OCH3 is 1. The number of carboxylic acids is 1. The number of nitrogens with two attached hydrogens (primary N) is 1. The average molecular weight is 281 g/mol. The second-order valence-electron chi connectivity index (χ2n) is 4.73. The van der Waals surface area contributed by atoms with E-state index >= 15 is 0 Å². The minimum atomic E-state index is -0.850. The SMILES string of the molecule is COc1cc(C(N)CCC(=O)O)ccc1OC1COC1. The van der Waals surface area contributed by atoms with Crippen molar-refractivity contribution < 1.29 is 24.1 Å². The lowest BCUT2D eigenvalue weighted by Crippen LogP contribution is -2.38. The van der Waals surface area contributed by atoms with Gasteiger partial charge in [0, 0.05) is 12.5 Å². The van der Waals surface area contributed by atoms with Crippen LogP contribution in [0.15, 0.2) is 18.2 Å². The molecule has 0 amide bonds. The number of carboxylic acid groups (broad SMARTS) is 1. The normalized spacial score (nSPS) is 16.3. The summed E-state index contributed by atoms with van der Waals surface area (Å²) in [6, 6.07) is 5.10. The van der Waals surface area contributed by atoms with Gasteiger partial charge in [-0.1, -0.05) is 6.07 Å². The van der Waals surface area contributed by atoms with Crippen LogP contribution in [0.25, 0.3) is 0 Å². The highest BCUT2D eigenvalue weighted by molar-refractivity contribution is 5.66. The van der Waals surface area contributed by atoms with Crippen LogP contribution in [0.5, 0.6) is 11.5 Å². The van der Waals surface area contributed by atoms with Gasteiger partial charge in [0.25, 0.3) is 0 Å². The first-order chi connectivity index (χ1) is 9.60. The second kappa shape index (κ2) is 6.58. The Morgan fingerprint density at radius 2 is 2.25 bits per heavy atom. The molecule has 1 atom stereocenters. The topological polar surface area (TPSA) is 91.0 Å². The predicted molar refractivity (Wildman–Crippen MR) is 72.0 cm³/mol. The summed E-state index contributed by atoms with van der Waals surface area (Å²) in [5.41, 5.74) is 6.81. The number of carbonyl (C=O) groups is 1. The highest BCUT2D eigenvalue weighted by Crippen LogP contribution is 2.32. The summed E-state index contributed by atoms with van der Waals surface area (Å²) in [6.07, 6.45) is 0.492. The Labute approximate surface area is 117 Å². The summed E-state index contributed by atoms with van der Waals surface area (Å²) in [6.45, 7) is 1.17. The van der Waals surface area contributed by atoms with Gasteiger partial charge in [0.1, 0.15) is 6.10 Å². The Hall–Kier alpha value is -1.79. The summed E-state index contributed by atoms with van der Waals surface area (Å²) < 4.78 is 16.1.